The molecule has 1 saturated carbocycles. The Kier molecular flexibility index (Phi) is 4.42. The largest absolute Gasteiger partial charge is 0.373 e. The number of rotatable bonds is 5. The molecule has 2 rings (SSSR count). The van der Waals surface area contributed by atoms with Crippen LogP contribution in [0.2, 0.25) is 0 Å². The second-order valence-corrected chi connectivity index (χ2v) is 5.80. The van der Waals surface area contributed by atoms with Gasteiger partial charge < -0.3 is 10.6 Å². The number of nitrogens with zero attached hydrogens (tertiary/aromatic N) is 2. The fourth-order valence-electron chi connectivity index (χ4n) is 2.75. The van der Waals surface area contributed by atoms with Crippen LogP contribution in [0.4, 0.5) is 17.3 Å². The third kappa shape index (κ3) is 3.37. The average Bonchev–Trinajstić information content (AvgIpc) is 2.45. The molecule has 6 nitrogen and oxygen atoms in total. The van der Waals surface area contributed by atoms with Gasteiger partial charge >= 0.3 is 5.69 Å². The zero-order valence-corrected chi connectivity index (χ0v) is 12.1. The van der Waals surface area contributed by atoms with Crippen molar-refractivity contribution in [3.63, 3.8) is 0 Å². The van der Waals surface area contributed by atoms with Crippen molar-refractivity contribution in [2.45, 2.75) is 39.0 Å². The van der Waals surface area contributed by atoms with Crippen LogP contribution in [0, 0.1) is 15.5 Å². The summed E-state index contributed by atoms with van der Waals surface area (Å²) in [6.07, 6.45) is 6.11. The molecule has 1 aromatic heterocycles. The van der Waals surface area contributed by atoms with Gasteiger partial charge in [0.15, 0.2) is 0 Å². The third-order valence-corrected chi connectivity index (χ3v) is 4.07. The molecule has 0 saturated heterocycles. The van der Waals surface area contributed by atoms with E-state index in [9.17, 15) is 10.1 Å². The lowest BCUT2D eigenvalue weighted by Gasteiger charge is -2.33. The van der Waals surface area contributed by atoms with Crippen molar-refractivity contribution >= 4 is 17.3 Å². The van der Waals surface area contributed by atoms with Crippen LogP contribution in [0.15, 0.2) is 12.1 Å². The van der Waals surface area contributed by atoms with Gasteiger partial charge in [0.25, 0.3) is 0 Å². The van der Waals surface area contributed by atoms with Crippen LogP contribution in [0.3, 0.4) is 0 Å². The van der Waals surface area contributed by atoms with Crippen molar-refractivity contribution in [3.8, 4) is 0 Å². The van der Waals surface area contributed by atoms with Gasteiger partial charge in [0, 0.05) is 19.7 Å². The zero-order chi connectivity index (χ0) is 14.6. The maximum Gasteiger partial charge on any atom is 0.311 e. The normalized spacial score (nSPS) is 17.5. The number of aromatic nitrogens is 1. The van der Waals surface area contributed by atoms with Crippen molar-refractivity contribution in [2.24, 2.45) is 5.41 Å². The van der Waals surface area contributed by atoms with Gasteiger partial charge in [-0.1, -0.05) is 26.2 Å². The molecule has 0 amide bonds. The molecule has 1 aliphatic carbocycles. The fourth-order valence-corrected chi connectivity index (χ4v) is 2.75. The van der Waals surface area contributed by atoms with Crippen molar-refractivity contribution in [1.29, 1.82) is 0 Å². The molecule has 1 heterocycles. The molecule has 6 heteroatoms. The maximum atomic E-state index is 11.1. The van der Waals surface area contributed by atoms with E-state index in [0.29, 0.717) is 11.6 Å². The molecule has 2 N–H and O–H groups in total. The summed E-state index contributed by atoms with van der Waals surface area (Å²) in [7, 11) is 1.75. The van der Waals surface area contributed by atoms with Gasteiger partial charge in [0.05, 0.1) is 4.92 Å². The van der Waals surface area contributed by atoms with E-state index in [2.05, 4.69) is 22.5 Å². The molecule has 0 spiro atoms. The van der Waals surface area contributed by atoms with Gasteiger partial charge in [-0.3, -0.25) is 10.1 Å². The Morgan fingerprint density at radius 1 is 1.35 bits per heavy atom. The highest BCUT2D eigenvalue weighted by Gasteiger charge is 2.27. The van der Waals surface area contributed by atoms with E-state index >= 15 is 0 Å². The molecule has 0 bridgehead atoms. The molecule has 1 fully saturated rings. The first-order chi connectivity index (χ1) is 9.54. The van der Waals surface area contributed by atoms with Crippen LogP contribution in [0.25, 0.3) is 0 Å². The molecule has 1 aliphatic rings. The summed E-state index contributed by atoms with van der Waals surface area (Å²) >= 11 is 0. The van der Waals surface area contributed by atoms with Gasteiger partial charge in [-0.2, -0.15) is 0 Å². The topological polar surface area (TPSA) is 80.1 Å². The highest BCUT2D eigenvalue weighted by molar-refractivity contribution is 5.60. The third-order valence-electron chi connectivity index (χ3n) is 4.07. The maximum absolute atomic E-state index is 11.1. The highest BCUT2D eigenvalue weighted by Crippen LogP contribution is 2.36. The van der Waals surface area contributed by atoms with Crippen molar-refractivity contribution < 1.29 is 4.92 Å². The van der Waals surface area contributed by atoms with Crippen LogP contribution in [0.5, 0.6) is 0 Å². The van der Waals surface area contributed by atoms with Gasteiger partial charge in [0.1, 0.15) is 5.82 Å². The number of anilines is 2. The first-order valence-corrected chi connectivity index (χ1v) is 7.11. The first kappa shape index (κ1) is 14.6. The van der Waals surface area contributed by atoms with E-state index in [4.69, 9.17) is 0 Å². The lowest BCUT2D eigenvalue weighted by molar-refractivity contribution is -0.384. The van der Waals surface area contributed by atoms with Crippen LogP contribution >= 0.6 is 0 Å². The molecule has 0 unspecified atom stereocenters. The second kappa shape index (κ2) is 6.07. The SMILES string of the molecule is CNc1ccc([N+](=O)[O-])c(NCC2(C)CCCCC2)n1. The zero-order valence-electron chi connectivity index (χ0n) is 12.1. The minimum absolute atomic E-state index is 0.0309. The standard InChI is InChI=1S/C14H22N4O2/c1-14(8-4-3-5-9-14)10-16-13-11(18(19)20)6-7-12(15-2)17-13/h6-7H,3-5,8-10H2,1-2H3,(H2,15,16,17). The Bertz CT molecular complexity index is 484. The molecule has 1 aromatic rings. The van der Waals surface area contributed by atoms with Crippen LogP contribution in [-0.4, -0.2) is 23.5 Å². The number of nitrogens with one attached hydrogen (secondary N) is 2. The van der Waals surface area contributed by atoms with E-state index in [1.54, 1.807) is 13.1 Å². The van der Waals surface area contributed by atoms with Gasteiger partial charge in [-0.05, 0) is 24.3 Å². The average molecular weight is 278 g/mol. The minimum Gasteiger partial charge on any atom is -0.373 e. The number of nitro groups is 1. The van der Waals surface area contributed by atoms with E-state index in [1.165, 1.54) is 38.2 Å². The predicted molar refractivity (Wildman–Crippen MR) is 80.1 cm³/mol. The van der Waals surface area contributed by atoms with E-state index in [-0.39, 0.29) is 11.1 Å². The van der Waals surface area contributed by atoms with Crippen LogP contribution in [-0.2, 0) is 0 Å². The molecular formula is C14H22N4O2. The summed E-state index contributed by atoms with van der Waals surface area (Å²) in [6, 6.07) is 3.11. The Morgan fingerprint density at radius 2 is 2.05 bits per heavy atom. The Hall–Kier alpha value is -1.85. The molecule has 110 valence electrons. The lowest BCUT2D eigenvalue weighted by Crippen LogP contribution is -2.29. The van der Waals surface area contributed by atoms with Crippen molar-refractivity contribution in [1.82, 2.24) is 4.98 Å². The van der Waals surface area contributed by atoms with Gasteiger partial charge in [-0.25, -0.2) is 4.98 Å². The van der Waals surface area contributed by atoms with Crippen molar-refractivity contribution in [2.75, 3.05) is 24.2 Å². The summed E-state index contributed by atoms with van der Waals surface area (Å²) in [6.45, 7) is 2.97. The summed E-state index contributed by atoms with van der Waals surface area (Å²) in [5.41, 5.74) is 0.243. The summed E-state index contributed by atoms with van der Waals surface area (Å²) in [4.78, 5) is 14.9. The molecule has 0 aromatic carbocycles. The smallest absolute Gasteiger partial charge is 0.311 e. The number of hydrogen-bond donors (Lipinski definition) is 2. The Labute approximate surface area is 119 Å². The number of hydrogen-bond acceptors (Lipinski definition) is 5. The predicted octanol–water partition coefficient (Wildman–Crippen LogP) is 3.41. The van der Waals surface area contributed by atoms with Crippen LogP contribution < -0.4 is 10.6 Å². The lowest BCUT2D eigenvalue weighted by atomic mass is 9.76. The van der Waals surface area contributed by atoms with Crippen molar-refractivity contribution in [3.05, 3.63) is 22.2 Å². The molecule has 0 radical (unpaired) electrons. The molecule has 20 heavy (non-hydrogen) atoms. The number of pyridine rings is 1. The summed E-state index contributed by atoms with van der Waals surface area (Å²) in [5.74, 6) is 0.987. The summed E-state index contributed by atoms with van der Waals surface area (Å²) < 4.78 is 0. The first-order valence-electron chi connectivity index (χ1n) is 7.11. The van der Waals surface area contributed by atoms with E-state index < -0.39 is 4.92 Å². The minimum atomic E-state index is -0.391. The Morgan fingerprint density at radius 3 is 2.65 bits per heavy atom. The molecular weight excluding hydrogens is 256 g/mol. The van der Waals surface area contributed by atoms with Crippen LogP contribution in [0.1, 0.15) is 39.0 Å². The second-order valence-electron chi connectivity index (χ2n) is 5.80. The highest BCUT2D eigenvalue weighted by atomic mass is 16.6. The quantitative estimate of drug-likeness (QED) is 0.637. The van der Waals surface area contributed by atoms with Gasteiger partial charge in [-0.15, -0.1) is 0 Å². The van der Waals surface area contributed by atoms with Gasteiger partial charge in [0.2, 0.25) is 5.82 Å². The Balaban J connectivity index is 2.12. The fraction of sp³-hybridized carbons (Fsp3) is 0.643. The summed E-state index contributed by atoms with van der Waals surface area (Å²) in [5, 5.41) is 17.2. The van der Waals surface area contributed by atoms with E-state index in [0.717, 1.165) is 6.54 Å². The molecule has 0 aliphatic heterocycles. The molecule has 0 atom stereocenters. The van der Waals surface area contributed by atoms with E-state index in [1.807, 2.05) is 0 Å². The monoisotopic (exact) mass is 278 g/mol.